The van der Waals surface area contributed by atoms with Gasteiger partial charge in [-0.1, -0.05) is 32.4 Å². The molecule has 0 aliphatic heterocycles. The molecule has 0 radical (unpaired) electrons. The maximum Gasteiger partial charge on any atom is 0.245 e. The summed E-state index contributed by atoms with van der Waals surface area (Å²) in [5, 5.41) is 5.75. The highest BCUT2D eigenvalue weighted by Gasteiger charge is 2.27. The second-order valence-electron chi connectivity index (χ2n) is 9.44. The van der Waals surface area contributed by atoms with Crippen molar-refractivity contribution >= 4 is 17.8 Å². The van der Waals surface area contributed by atoms with E-state index in [0.29, 0.717) is 17.9 Å². The van der Waals surface area contributed by atoms with Crippen LogP contribution in [0.1, 0.15) is 43.4 Å². The largest absolute Gasteiger partial charge is 0.497 e. The third kappa shape index (κ3) is 7.62. The van der Waals surface area contributed by atoms with Crippen LogP contribution >= 0.6 is 0 Å². The number of aliphatic imine (C=N–C) groups is 1. The van der Waals surface area contributed by atoms with E-state index in [1.807, 2.05) is 18.2 Å². The molecule has 37 heavy (non-hydrogen) atoms. The second-order valence-corrected chi connectivity index (χ2v) is 9.44. The molecule has 0 bridgehead atoms. The molecule has 0 heterocycles. The van der Waals surface area contributed by atoms with Crippen molar-refractivity contribution in [2.24, 2.45) is 16.6 Å². The summed E-state index contributed by atoms with van der Waals surface area (Å²) >= 11 is 0. The number of hydrogen-bond donors (Lipinski definition) is 3. The number of carbonyl (C=O) groups is 2. The molecule has 2 aromatic rings. The van der Waals surface area contributed by atoms with Crippen LogP contribution in [0.4, 0.5) is 0 Å². The number of carbonyl (C=O) groups excluding carboxylic acids is 2. The number of ether oxygens (including phenoxy) is 3. The first-order chi connectivity index (χ1) is 17.8. The zero-order chi connectivity index (χ0) is 26.9. The van der Waals surface area contributed by atoms with Crippen molar-refractivity contribution in [1.29, 1.82) is 0 Å². The van der Waals surface area contributed by atoms with Gasteiger partial charge in [-0.15, -0.1) is 0 Å². The molecular formula is C28H38N4O5. The number of nitrogens with two attached hydrogens (primary N) is 1. The molecule has 1 aliphatic carbocycles. The number of methoxy groups -OCH3 is 3. The van der Waals surface area contributed by atoms with Gasteiger partial charge >= 0.3 is 0 Å². The standard InChI is InChI=1S/C28H38N4O5/c1-6-17(2)11-23(27(34)30-21-14-19-8-9-22(35-3)16-20(19)15-21)31-28(29)32-26(33)13-18-7-10-24(36-4)25(12-18)37-5/h7-10,12,16-17,21,23H,6,11,13-15H2,1-5H3,(H,30,34)(H3,29,31,32,33)/t17?,21?,23-/m1/s1. The van der Waals surface area contributed by atoms with Gasteiger partial charge in [-0.05, 0) is 66.1 Å². The molecule has 9 heteroatoms. The van der Waals surface area contributed by atoms with Gasteiger partial charge in [-0.3, -0.25) is 14.9 Å². The maximum absolute atomic E-state index is 13.2. The van der Waals surface area contributed by atoms with Crippen LogP contribution in [-0.2, 0) is 28.9 Å². The summed E-state index contributed by atoms with van der Waals surface area (Å²) in [6.07, 6.45) is 2.99. The van der Waals surface area contributed by atoms with Crippen LogP contribution < -0.4 is 30.6 Å². The maximum atomic E-state index is 13.2. The Bertz CT molecular complexity index is 1130. The van der Waals surface area contributed by atoms with Crippen molar-refractivity contribution in [1.82, 2.24) is 10.6 Å². The van der Waals surface area contributed by atoms with E-state index in [2.05, 4.69) is 29.5 Å². The first-order valence-corrected chi connectivity index (χ1v) is 12.6. The van der Waals surface area contributed by atoms with Gasteiger partial charge in [-0.25, -0.2) is 4.99 Å². The van der Waals surface area contributed by atoms with Crippen molar-refractivity contribution in [3.8, 4) is 17.2 Å². The molecule has 0 saturated heterocycles. The van der Waals surface area contributed by atoms with Crippen LogP contribution in [0.3, 0.4) is 0 Å². The van der Waals surface area contributed by atoms with Gasteiger partial charge in [0.2, 0.25) is 11.8 Å². The Hall–Kier alpha value is -3.75. The fourth-order valence-corrected chi connectivity index (χ4v) is 4.45. The highest BCUT2D eigenvalue weighted by molar-refractivity contribution is 5.98. The first-order valence-electron chi connectivity index (χ1n) is 12.6. The number of guanidine groups is 1. The van der Waals surface area contributed by atoms with Gasteiger partial charge in [0, 0.05) is 6.04 Å². The Morgan fingerprint density at radius 2 is 1.76 bits per heavy atom. The zero-order valence-electron chi connectivity index (χ0n) is 22.3. The van der Waals surface area contributed by atoms with E-state index in [1.54, 1.807) is 32.4 Å². The Morgan fingerprint density at radius 1 is 1.03 bits per heavy atom. The molecule has 4 N–H and O–H groups in total. The van der Waals surface area contributed by atoms with Gasteiger partial charge in [0.05, 0.1) is 27.8 Å². The lowest BCUT2D eigenvalue weighted by Gasteiger charge is -2.20. The zero-order valence-corrected chi connectivity index (χ0v) is 22.3. The Labute approximate surface area is 218 Å². The average Bonchev–Trinajstić information content (AvgIpc) is 3.29. The predicted octanol–water partition coefficient (Wildman–Crippen LogP) is 2.77. The molecule has 0 spiro atoms. The SMILES string of the molecule is CCC(C)C[C@@H](N=C(N)NC(=O)Cc1ccc(OC)c(OC)c1)C(=O)NC1Cc2ccc(OC)cc2C1. The second kappa shape index (κ2) is 13.0. The monoisotopic (exact) mass is 510 g/mol. The van der Waals surface area contributed by atoms with Crippen LogP contribution in [0.25, 0.3) is 0 Å². The number of rotatable bonds is 11. The minimum absolute atomic E-state index is 0.0230. The van der Waals surface area contributed by atoms with Crippen molar-refractivity contribution in [3.05, 3.63) is 53.1 Å². The lowest BCUT2D eigenvalue weighted by molar-refractivity contribution is -0.123. The number of nitrogens with zero attached hydrogens (tertiary/aromatic N) is 1. The number of hydrogen-bond acceptors (Lipinski definition) is 6. The topological polar surface area (TPSA) is 124 Å². The van der Waals surface area contributed by atoms with E-state index >= 15 is 0 Å². The van der Waals surface area contributed by atoms with Gasteiger partial charge in [0.15, 0.2) is 17.5 Å². The van der Waals surface area contributed by atoms with Crippen LogP contribution in [-0.4, -0.2) is 51.2 Å². The average molecular weight is 511 g/mol. The molecule has 3 atom stereocenters. The lowest BCUT2D eigenvalue weighted by atomic mass is 9.99. The van der Waals surface area contributed by atoms with E-state index in [0.717, 1.165) is 30.6 Å². The summed E-state index contributed by atoms with van der Waals surface area (Å²) in [6, 6.07) is 10.5. The fraction of sp³-hybridized carbons (Fsp3) is 0.464. The third-order valence-corrected chi connectivity index (χ3v) is 6.69. The number of fused-ring (bicyclic) bond motifs is 1. The molecule has 0 fully saturated rings. The summed E-state index contributed by atoms with van der Waals surface area (Å²) in [5.74, 6) is 1.58. The van der Waals surface area contributed by atoms with E-state index in [1.165, 1.54) is 18.2 Å². The van der Waals surface area contributed by atoms with E-state index in [4.69, 9.17) is 19.9 Å². The molecule has 0 aromatic heterocycles. The highest BCUT2D eigenvalue weighted by Crippen LogP contribution is 2.28. The van der Waals surface area contributed by atoms with Crippen LogP contribution in [0, 0.1) is 5.92 Å². The molecule has 1 aliphatic rings. The number of nitrogens with one attached hydrogen (secondary N) is 2. The summed E-state index contributed by atoms with van der Waals surface area (Å²) in [7, 11) is 4.73. The summed E-state index contributed by atoms with van der Waals surface area (Å²) in [5.41, 5.74) is 9.18. The summed E-state index contributed by atoms with van der Waals surface area (Å²) < 4.78 is 15.9. The predicted molar refractivity (Wildman–Crippen MR) is 143 cm³/mol. The van der Waals surface area contributed by atoms with Crippen molar-refractivity contribution in [2.75, 3.05) is 21.3 Å². The number of benzene rings is 2. The van der Waals surface area contributed by atoms with Crippen molar-refractivity contribution in [2.45, 2.75) is 58.0 Å². The molecule has 3 rings (SSSR count). The quantitative estimate of drug-likeness (QED) is 0.315. The summed E-state index contributed by atoms with van der Waals surface area (Å²) in [4.78, 5) is 30.3. The van der Waals surface area contributed by atoms with Crippen LogP contribution in [0.2, 0.25) is 0 Å². The van der Waals surface area contributed by atoms with Crippen molar-refractivity contribution in [3.63, 3.8) is 0 Å². The van der Waals surface area contributed by atoms with Crippen molar-refractivity contribution < 1.29 is 23.8 Å². The van der Waals surface area contributed by atoms with Gasteiger partial charge in [-0.2, -0.15) is 0 Å². The lowest BCUT2D eigenvalue weighted by Crippen LogP contribution is -2.44. The van der Waals surface area contributed by atoms with Gasteiger partial charge in [0.1, 0.15) is 11.8 Å². The van der Waals surface area contributed by atoms with E-state index < -0.39 is 6.04 Å². The van der Waals surface area contributed by atoms with E-state index in [-0.39, 0.29) is 36.2 Å². The highest BCUT2D eigenvalue weighted by atomic mass is 16.5. The third-order valence-electron chi connectivity index (χ3n) is 6.69. The molecular weight excluding hydrogens is 472 g/mol. The van der Waals surface area contributed by atoms with Gasteiger partial charge < -0.3 is 25.3 Å². The molecule has 2 aromatic carbocycles. The van der Waals surface area contributed by atoms with Crippen LogP contribution in [0.5, 0.6) is 17.2 Å². The number of amides is 2. The molecule has 200 valence electrons. The van der Waals surface area contributed by atoms with Crippen LogP contribution in [0.15, 0.2) is 41.4 Å². The first kappa shape index (κ1) is 27.8. The van der Waals surface area contributed by atoms with Gasteiger partial charge in [0.25, 0.3) is 0 Å². The summed E-state index contributed by atoms with van der Waals surface area (Å²) in [6.45, 7) is 4.14. The fourth-order valence-electron chi connectivity index (χ4n) is 4.45. The normalized spacial score (nSPS) is 16.4. The minimum atomic E-state index is -0.699. The molecule has 2 unspecified atom stereocenters. The van der Waals surface area contributed by atoms with E-state index in [9.17, 15) is 9.59 Å². The Kier molecular flexibility index (Phi) is 9.77. The minimum Gasteiger partial charge on any atom is -0.497 e. The molecule has 9 nitrogen and oxygen atoms in total. The Balaban J connectivity index is 1.64. The molecule has 0 saturated carbocycles. The Morgan fingerprint density at radius 3 is 2.43 bits per heavy atom. The molecule has 2 amide bonds. The smallest absolute Gasteiger partial charge is 0.245 e.